The van der Waals surface area contributed by atoms with Crippen LogP contribution >= 0.6 is 0 Å². The van der Waals surface area contributed by atoms with Crippen molar-refractivity contribution in [1.29, 1.82) is 5.26 Å². The molecule has 0 unspecified atom stereocenters. The highest BCUT2D eigenvalue weighted by Crippen LogP contribution is 2.61. The number of nitriles is 1. The summed E-state index contributed by atoms with van der Waals surface area (Å²) in [6.45, 7) is 0. The predicted molar refractivity (Wildman–Crippen MR) is 73.1 cm³/mol. The van der Waals surface area contributed by atoms with E-state index in [0.717, 1.165) is 12.8 Å². The maximum absolute atomic E-state index is 14.0. The molecule has 0 atom stereocenters. The lowest BCUT2D eigenvalue weighted by Gasteiger charge is -2.53. The highest BCUT2D eigenvalue weighted by Gasteiger charge is 2.56. The molecule has 2 heteroatoms. The molecule has 1 aromatic carbocycles. The monoisotopic (exact) mass is 257 g/mol. The normalized spacial score (nSPS) is 24.2. The Morgan fingerprint density at radius 3 is 2.21 bits per heavy atom. The van der Waals surface area contributed by atoms with Crippen LogP contribution in [0, 0.1) is 22.6 Å². The van der Waals surface area contributed by atoms with Crippen LogP contribution in [0.25, 0.3) is 0 Å². The van der Waals surface area contributed by atoms with Crippen LogP contribution in [0.2, 0.25) is 0 Å². The fourth-order valence-corrected chi connectivity index (χ4v) is 4.24. The minimum Gasteiger partial charge on any atom is -0.207 e. The average molecular weight is 257 g/mol. The summed E-state index contributed by atoms with van der Waals surface area (Å²) in [4.78, 5) is 0. The Labute approximate surface area is 114 Å². The van der Waals surface area contributed by atoms with E-state index < -0.39 is 5.41 Å². The lowest BCUT2D eigenvalue weighted by molar-refractivity contribution is 0.0379. The van der Waals surface area contributed by atoms with Crippen LogP contribution < -0.4 is 0 Å². The molecule has 0 saturated heterocycles. The summed E-state index contributed by atoms with van der Waals surface area (Å²) >= 11 is 0. The van der Waals surface area contributed by atoms with E-state index in [0.29, 0.717) is 11.0 Å². The topological polar surface area (TPSA) is 23.8 Å². The molecule has 100 valence electrons. The second-order valence-electron chi connectivity index (χ2n) is 6.44. The van der Waals surface area contributed by atoms with Crippen molar-refractivity contribution in [2.24, 2.45) is 5.41 Å². The molecule has 0 amide bonds. The molecule has 3 rings (SSSR count). The smallest absolute Gasteiger partial charge is 0.128 e. The van der Waals surface area contributed by atoms with E-state index in [4.69, 9.17) is 0 Å². The second kappa shape index (κ2) is 4.63. The minimum absolute atomic E-state index is 0.215. The Kier molecular flexibility index (Phi) is 3.09. The van der Waals surface area contributed by atoms with Crippen LogP contribution in [-0.4, -0.2) is 0 Å². The zero-order valence-electron chi connectivity index (χ0n) is 11.3. The average Bonchev–Trinajstić information content (AvgIpc) is 2.63. The van der Waals surface area contributed by atoms with Gasteiger partial charge in [0.15, 0.2) is 0 Å². The van der Waals surface area contributed by atoms with Gasteiger partial charge in [-0.2, -0.15) is 5.26 Å². The highest BCUT2D eigenvalue weighted by atomic mass is 19.1. The van der Waals surface area contributed by atoms with Crippen molar-refractivity contribution < 1.29 is 4.39 Å². The van der Waals surface area contributed by atoms with Gasteiger partial charge in [0.2, 0.25) is 0 Å². The fraction of sp³-hybridized carbons (Fsp3) is 0.588. The van der Waals surface area contributed by atoms with Gasteiger partial charge in [0.25, 0.3) is 0 Å². The van der Waals surface area contributed by atoms with Gasteiger partial charge in [0, 0.05) is 5.56 Å². The van der Waals surface area contributed by atoms with Gasteiger partial charge in [0.1, 0.15) is 5.82 Å². The summed E-state index contributed by atoms with van der Waals surface area (Å²) in [6, 6.07) is 9.24. The Bertz CT molecular complexity index is 498. The van der Waals surface area contributed by atoms with Crippen molar-refractivity contribution in [3.8, 4) is 6.07 Å². The van der Waals surface area contributed by atoms with Gasteiger partial charge in [0.05, 0.1) is 11.5 Å². The van der Waals surface area contributed by atoms with Gasteiger partial charge in [-0.05, 0) is 37.2 Å². The molecule has 1 aromatic rings. The Hall–Kier alpha value is -1.36. The number of hydrogen-bond donors (Lipinski definition) is 0. The Morgan fingerprint density at radius 1 is 1.00 bits per heavy atom. The zero-order valence-corrected chi connectivity index (χ0v) is 11.3. The second-order valence-corrected chi connectivity index (χ2v) is 6.44. The molecule has 0 heterocycles. The first-order valence-electron chi connectivity index (χ1n) is 7.36. The fourth-order valence-electron chi connectivity index (χ4n) is 4.24. The largest absolute Gasteiger partial charge is 0.207 e. The highest BCUT2D eigenvalue weighted by molar-refractivity contribution is 5.38. The quantitative estimate of drug-likeness (QED) is 0.714. The van der Waals surface area contributed by atoms with Gasteiger partial charge in [-0.3, -0.25) is 0 Å². The molecule has 0 N–H and O–H groups in total. The van der Waals surface area contributed by atoms with Crippen molar-refractivity contribution in [3.05, 3.63) is 35.6 Å². The number of hydrogen-bond acceptors (Lipinski definition) is 1. The minimum atomic E-state index is -0.560. The number of nitrogens with zero attached hydrogens (tertiary/aromatic N) is 1. The van der Waals surface area contributed by atoms with E-state index in [9.17, 15) is 9.65 Å². The first kappa shape index (κ1) is 12.7. The van der Waals surface area contributed by atoms with E-state index in [1.807, 2.05) is 6.07 Å². The molecule has 2 aliphatic carbocycles. The van der Waals surface area contributed by atoms with Crippen LogP contribution in [0.15, 0.2) is 24.3 Å². The lowest BCUT2D eigenvalue weighted by Crippen LogP contribution is -2.49. The van der Waals surface area contributed by atoms with Crippen molar-refractivity contribution in [2.45, 2.75) is 56.8 Å². The Morgan fingerprint density at radius 2 is 1.63 bits per heavy atom. The summed E-state index contributed by atoms with van der Waals surface area (Å²) in [5.41, 5.74) is 0.386. The molecule has 1 nitrogen and oxygen atoms in total. The Balaban J connectivity index is 1.85. The van der Waals surface area contributed by atoms with Gasteiger partial charge in [-0.25, -0.2) is 4.39 Å². The van der Waals surface area contributed by atoms with Crippen LogP contribution in [-0.2, 0) is 5.41 Å². The molecule has 0 aromatic heterocycles. The first-order valence-corrected chi connectivity index (χ1v) is 7.36. The standard InChI is InChI=1S/C17H20FN/c18-15-8-4-3-7-14(15)17(13-19)11-16(12-17)9-5-1-2-6-10-16/h3-4,7-8H,1-2,5-6,9-12H2. The van der Waals surface area contributed by atoms with Gasteiger partial charge in [-0.15, -0.1) is 0 Å². The molecule has 0 bridgehead atoms. The summed E-state index contributed by atoms with van der Waals surface area (Å²) in [6.07, 6.45) is 9.37. The van der Waals surface area contributed by atoms with Gasteiger partial charge < -0.3 is 0 Å². The molecular formula is C17H20FN. The maximum atomic E-state index is 14.0. The number of rotatable bonds is 1. The molecule has 0 radical (unpaired) electrons. The van der Waals surface area contributed by atoms with E-state index >= 15 is 0 Å². The van der Waals surface area contributed by atoms with Crippen LogP contribution in [0.5, 0.6) is 0 Å². The molecule has 1 spiro atoms. The summed E-state index contributed by atoms with van der Waals surface area (Å²) in [7, 11) is 0. The van der Waals surface area contributed by atoms with Crippen molar-refractivity contribution in [1.82, 2.24) is 0 Å². The molecule has 2 fully saturated rings. The van der Waals surface area contributed by atoms with Crippen molar-refractivity contribution >= 4 is 0 Å². The molecule has 0 aliphatic heterocycles. The van der Waals surface area contributed by atoms with E-state index in [-0.39, 0.29) is 5.82 Å². The summed E-state index contributed by atoms with van der Waals surface area (Å²) in [5.74, 6) is -0.215. The SMILES string of the molecule is N#CC1(c2ccccc2F)CC2(CCCCCC2)C1. The van der Waals surface area contributed by atoms with E-state index in [1.54, 1.807) is 12.1 Å². The molecular weight excluding hydrogens is 237 g/mol. The number of benzene rings is 1. The predicted octanol–water partition coefficient (Wildman–Crippen LogP) is 4.72. The third-order valence-electron chi connectivity index (χ3n) is 5.12. The molecule has 2 saturated carbocycles. The summed E-state index contributed by atoms with van der Waals surface area (Å²) in [5, 5.41) is 9.58. The zero-order chi connectivity index (χ0) is 13.3. The third kappa shape index (κ3) is 2.06. The molecule has 2 aliphatic rings. The molecule has 19 heavy (non-hydrogen) atoms. The van der Waals surface area contributed by atoms with Crippen molar-refractivity contribution in [2.75, 3.05) is 0 Å². The van der Waals surface area contributed by atoms with E-state index in [1.165, 1.54) is 44.6 Å². The van der Waals surface area contributed by atoms with Crippen molar-refractivity contribution in [3.63, 3.8) is 0 Å². The van der Waals surface area contributed by atoms with Crippen LogP contribution in [0.4, 0.5) is 4.39 Å². The van der Waals surface area contributed by atoms with Gasteiger partial charge in [-0.1, -0.05) is 43.9 Å². The summed E-state index contributed by atoms with van der Waals surface area (Å²) < 4.78 is 14.0. The van der Waals surface area contributed by atoms with Crippen LogP contribution in [0.3, 0.4) is 0 Å². The third-order valence-corrected chi connectivity index (χ3v) is 5.12. The first-order chi connectivity index (χ1) is 9.20. The van der Waals surface area contributed by atoms with E-state index in [2.05, 4.69) is 6.07 Å². The maximum Gasteiger partial charge on any atom is 0.128 e. The van der Waals surface area contributed by atoms with Gasteiger partial charge >= 0.3 is 0 Å². The lowest BCUT2D eigenvalue weighted by atomic mass is 9.48. The van der Waals surface area contributed by atoms with Crippen LogP contribution in [0.1, 0.15) is 56.9 Å². The number of halogens is 1.